The Kier molecular flexibility index (Phi) is 34.5. The molecule has 34 nitrogen and oxygen atoms in total. The van der Waals surface area contributed by atoms with Crippen molar-refractivity contribution in [3.8, 4) is 11.6 Å². The number of halogens is 15. The molecule has 0 spiro atoms. The molecule has 0 aliphatic rings. The molecule has 0 saturated carbocycles. The summed E-state index contributed by atoms with van der Waals surface area (Å²) in [4.78, 5) is 78.5. The van der Waals surface area contributed by atoms with Gasteiger partial charge in [-0.1, -0.05) is 162 Å². The number of aromatic amines is 5. The first-order valence-electron chi connectivity index (χ1n) is 29.6. The number of aromatic nitrogens is 9. The highest BCUT2D eigenvalue weighted by molar-refractivity contribution is 9.10. The van der Waals surface area contributed by atoms with Crippen molar-refractivity contribution in [3.05, 3.63) is 263 Å². The van der Waals surface area contributed by atoms with Gasteiger partial charge in [-0.2, -0.15) is 5.10 Å². The Morgan fingerprint density at radius 3 is 1.30 bits per heavy atom. The molecule has 12 aromatic rings. The van der Waals surface area contributed by atoms with Gasteiger partial charge in [0.2, 0.25) is 38.8 Å². The summed E-state index contributed by atoms with van der Waals surface area (Å²) in [6.45, 7) is 1.65. The molecular formula is C59H40BrCl14N15O19S9. The van der Waals surface area contributed by atoms with Crippen molar-refractivity contribution in [2.45, 2.75) is 36.3 Å². The van der Waals surface area contributed by atoms with Gasteiger partial charge in [0.25, 0.3) is 60.1 Å². The number of pyridine rings is 7. The number of thiophene rings is 3. The number of anilines is 6. The summed E-state index contributed by atoms with van der Waals surface area (Å²) in [6, 6.07) is 14.4. The molecule has 12 N–H and O–H groups in total. The zero-order valence-electron chi connectivity index (χ0n) is 56.6. The summed E-state index contributed by atoms with van der Waals surface area (Å²) in [5.41, 5.74) is -3.16. The first-order chi connectivity index (χ1) is 54.4. The minimum absolute atomic E-state index is 0.0104. The number of benzene rings is 1. The molecule has 0 saturated heterocycles. The number of sulfonamides is 6. The van der Waals surface area contributed by atoms with Crippen molar-refractivity contribution >= 4 is 307 Å². The van der Waals surface area contributed by atoms with E-state index in [4.69, 9.17) is 167 Å². The van der Waals surface area contributed by atoms with Crippen molar-refractivity contribution in [2.24, 2.45) is 0 Å². The summed E-state index contributed by atoms with van der Waals surface area (Å²) < 4.78 is 164. The minimum atomic E-state index is -4.04. The minimum Gasteiger partial charge on any atom is -0.504 e. The number of ether oxygens (including phenoxy) is 1. The van der Waals surface area contributed by atoms with E-state index in [0.29, 0.717) is 10.2 Å². The second kappa shape index (κ2) is 41.6. The fraction of sp³-hybridized carbons (Fsp3) is 0.0339. The number of nitrogens with one attached hydrogen (secondary N) is 11. The third-order valence-electron chi connectivity index (χ3n) is 13.1. The van der Waals surface area contributed by atoms with Crippen LogP contribution in [0.3, 0.4) is 0 Å². The predicted octanol–water partition coefficient (Wildman–Crippen LogP) is 16.1. The topological polar surface area (TPSA) is 522 Å². The molecular weight excluding hydrogens is 2090 g/mol. The molecule has 1 aromatic carbocycles. The van der Waals surface area contributed by atoms with Crippen LogP contribution < -0.4 is 60.2 Å². The van der Waals surface area contributed by atoms with Crippen LogP contribution in [0.4, 0.5) is 34.3 Å². The van der Waals surface area contributed by atoms with Crippen LogP contribution in [-0.4, -0.2) is 108 Å². The monoisotopic (exact) mass is 2120 g/mol. The number of hydrogen-bond acceptors (Lipinski definition) is 26. The summed E-state index contributed by atoms with van der Waals surface area (Å²) in [7, 11) is -22.4. The van der Waals surface area contributed by atoms with Gasteiger partial charge in [-0.05, 0) is 71.4 Å². The van der Waals surface area contributed by atoms with Crippen molar-refractivity contribution in [1.82, 2.24) is 45.1 Å². The fourth-order valence-electron chi connectivity index (χ4n) is 7.79. The van der Waals surface area contributed by atoms with E-state index >= 15 is 0 Å². The molecule has 0 aliphatic heterocycles. The van der Waals surface area contributed by atoms with Gasteiger partial charge in [0, 0.05) is 83.9 Å². The summed E-state index contributed by atoms with van der Waals surface area (Å²) in [5, 5.41) is 15.7. The van der Waals surface area contributed by atoms with Crippen molar-refractivity contribution in [1.29, 1.82) is 0 Å². The van der Waals surface area contributed by atoms with Gasteiger partial charge >= 0.3 is 0 Å². The second-order valence-electron chi connectivity index (χ2n) is 21.2. The first-order valence-corrected chi connectivity index (χ1v) is 47.0. The number of nitrogens with zero attached hydrogens (tertiary/aromatic N) is 4. The van der Waals surface area contributed by atoms with Gasteiger partial charge in [0.15, 0.2) is 5.75 Å². The van der Waals surface area contributed by atoms with E-state index in [1.807, 2.05) is 4.72 Å². The molecule has 0 amide bonds. The Morgan fingerprint density at radius 2 is 0.863 bits per heavy atom. The average Bonchev–Trinajstić information content (AvgIpc) is 1.80. The van der Waals surface area contributed by atoms with Crippen LogP contribution in [0.15, 0.2) is 193 Å². The number of hydrogen-bond donors (Lipinski definition) is 12. The van der Waals surface area contributed by atoms with Crippen LogP contribution in [0.25, 0.3) is 0 Å². The lowest BCUT2D eigenvalue weighted by Gasteiger charge is -2.09. The molecule has 0 fully saturated rings. The summed E-state index contributed by atoms with van der Waals surface area (Å²) in [6.07, 6.45) is 12.0. The lowest BCUT2D eigenvalue weighted by atomic mass is 10.4. The number of H-pyrrole nitrogens is 5. The predicted molar refractivity (Wildman–Crippen MR) is 461 cm³/mol. The first kappa shape index (κ1) is 97.2. The van der Waals surface area contributed by atoms with E-state index in [2.05, 4.69) is 84.6 Å². The Balaban J connectivity index is 0.000000194. The van der Waals surface area contributed by atoms with Gasteiger partial charge in [-0.25, -0.2) is 60.5 Å². The molecule has 12 rings (SSSR count). The van der Waals surface area contributed by atoms with Crippen LogP contribution in [0, 0.1) is 6.92 Å². The summed E-state index contributed by atoms with van der Waals surface area (Å²) in [5.74, 6) is -0.523. The van der Waals surface area contributed by atoms with Gasteiger partial charge in [-0.3, -0.25) is 62.4 Å². The van der Waals surface area contributed by atoms with Crippen LogP contribution in [0.1, 0.15) is 5.69 Å². The highest BCUT2D eigenvalue weighted by Crippen LogP contribution is 2.39. The SMILES string of the molecule is COc1ncc(S(=O)(=O)Nc2c[nH]cc(Cl)c2=O)cc1Br.Cc1ncc(S(=O)(=O)Nc2c[nH]cc(Cl)c2=O)cc1Cl.O=S(=O)(Nc1cc(Cl)ncc1O)c1cc(Cl)sc1Cl.O=c1cc(Cl)[nH]cc1NS(=O)(=O)c1cc(Cl)sc1Cl.O=c1cc(Cl)[nH]nc1NS(=O)(=O)c1cc(Cl)cc(Cl)c1.O=c1cc[nH]cc1NS(=O)(=O)c1cc(Cl)sc1Cl. The largest absolute Gasteiger partial charge is 0.504 e. The Labute approximate surface area is 749 Å². The number of aromatic hydroxyl groups is 1. The van der Waals surface area contributed by atoms with E-state index in [1.54, 1.807) is 6.92 Å². The van der Waals surface area contributed by atoms with E-state index < -0.39 is 93.1 Å². The maximum Gasteiger partial charge on any atom is 0.264 e. The summed E-state index contributed by atoms with van der Waals surface area (Å²) >= 11 is 85.6. The van der Waals surface area contributed by atoms with Crippen LogP contribution in [0.2, 0.25) is 66.6 Å². The highest BCUT2D eigenvalue weighted by Gasteiger charge is 2.27. The van der Waals surface area contributed by atoms with Gasteiger partial charge in [0.1, 0.15) is 85.7 Å². The Hall–Kier alpha value is -6.91. The highest BCUT2D eigenvalue weighted by atomic mass is 79.9. The lowest BCUT2D eigenvalue weighted by molar-refractivity contribution is 0.394. The molecule has 58 heteroatoms. The maximum absolute atomic E-state index is 12.2. The third kappa shape index (κ3) is 27.6. The smallest absolute Gasteiger partial charge is 0.264 e. The lowest BCUT2D eigenvalue weighted by Crippen LogP contribution is -2.20. The Bertz CT molecular complexity index is 6790. The molecule has 11 aromatic heterocycles. The Morgan fingerprint density at radius 1 is 0.427 bits per heavy atom. The van der Waals surface area contributed by atoms with Crippen LogP contribution in [0.5, 0.6) is 11.6 Å². The van der Waals surface area contributed by atoms with E-state index in [1.165, 1.54) is 105 Å². The molecule has 0 atom stereocenters. The van der Waals surface area contributed by atoms with Crippen molar-refractivity contribution in [3.63, 3.8) is 0 Å². The van der Waals surface area contributed by atoms with Crippen LogP contribution in [-0.2, 0) is 60.1 Å². The van der Waals surface area contributed by atoms with Crippen LogP contribution >= 0.6 is 212 Å². The quantitative estimate of drug-likeness (QED) is 0.0335. The van der Waals surface area contributed by atoms with E-state index in [0.717, 1.165) is 70.9 Å². The van der Waals surface area contributed by atoms with Crippen molar-refractivity contribution in [2.75, 3.05) is 35.4 Å². The van der Waals surface area contributed by atoms with Crippen molar-refractivity contribution < 1.29 is 60.4 Å². The maximum atomic E-state index is 12.2. The average molecular weight is 2130 g/mol. The standard InChI is InChI=1S/C11H9BrClN3O4S.C11H9Cl2N3O3S.C10H6Cl3N3O3S.2C9H5Cl3N2O3S2.C9H6Cl2N2O3S2/c1-20-11-7(12)2-6(3-15-11)21(18,19)16-9-5-14-4-8(13)10(9)17;1-6-8(12)2-7(3-15-6)20(18,19)16-10-5-14-4-9(13)11(10)17;11-5-1-6(12)3-7(2-5)20(18,19)16-10-8(17)4-9(13)14-15-10;10-7-1-5(15)4(3-13-7)14-19(16,17)6-2-8(11)18-9(6)12;10-7-1-4(5(15)3-13-7)14-19(16,17)6-2-8(11)18-9(6)12;10-8-3-7(9(11)17-8)18(15,16)13-5-4-12-2-1-6(5)14/h2-5,16H,1H3,(H,14,17);2-5,16H,1H3,(H,14,17);1-4H,(H,14,17)(H,15,16);1-3,14H,(H,13,15);1-3,15H,(H,13,14);1-4,13H,(H,12,14). The zero-order chi connectivity index (χ0) is 87.2. The second-order valence-corrected chi connectivity index (χ2v) is 42.2. The molecule has 117 heavy (non-hydrogen) atoms. The molecule has 0 radical (unpaired) electrons. The van der Waals surface area contributed by atoms with Gasteiger partial charge < -0.3 is 29.8 Å². The zero-order valence-corrected chi connectivity index (χ0v) is 76.1. The van der Waals surface area contributed by atoms with Gasteiger partial charge in [0.05, 0.1) is 58.3 Å². The molecule has 0 aliphatic carbocycles. The third-order valence-corrected chi connectivity index (χ3v) is 29.0. The van der Waals surface area contributed by atoms with E-state index in [-0.39, 0.29) is 136 Å². The normalized spacial score (nSPS) is 11.4. The number of rotatable bonds is 19. The fourth-order valence-corrected chi connectivity index (χ4v) is 22.9. The molecule has 0 bridgehead atoms. The molecule has 0 unspecified atom stereocenters. The van der Waals surface area contributed by atoms with E-state index in [9.17, 15) is 79.6 Å². The molecule has 11 heterocycles. The van der Waals surface area contributed by atoms with Gasteiger partial charge in [-0.15, -0.1) is 34.0 Å². The number of aryl methyl sites for hydroxylation is 1. The molecule has 624 valence electrons. The number of methoxy groups -OCH3 is 1.